The number of ether oxygens (including phenoxy) is 2. The Hall–Kier alpha value is -3.76. The zero-order chi connectivity index (χ0) is 27.2. The molecule has 2 aliphatic rings. The maximum Gasteiger partial charge on any atom is 0.342 e. The van der Waals surface area contributed by atoms with Gasteiger partial charge in [0.2, 0.25) is 0 Å². The normalized spacial score (nSPS) is 23.9. The molecule has 3 N–H and O–H groups in total. The van der Waals surface area contributed by atoms with E-state index in [-0.39, 0.29) is 53.0 Å². The molecule has 2 aromatic rings. The topological polar surface area (TPSA) is 135 Å². The third-order valence-electron chi connectivity index (χ3n) is 6.21. The number of aromatic hydroxyl groups is 2. The molecule has 3 heterocycles. The minimum absolute atomic E-state index is 0.0848. The number of benzene rings is 1. The predicted molar refractivity (Wildman–Crippen MR) is 140 cm³/mol. The van der Waals surface area contributed by atoms with Crippen LogP contribution in [0.5, 0.6) is 11.5 Å². The number of oxime groups is 1. The average Bonchev–Trinajstić information content (AvgIpc) is 3.46. The molecule has 1 fully saturated rings. The summed E-state index contributed by atoms with van der Waals surface area (Å²) in [6, 6.07) is 4.90. The van der Waals surface area contributed by atoms with Crippen molar-refractivity contribution in [3.05, 3.63) is 70.5 Å². The summed E-state index contributed by atoms with van der Waals surface area (Å²) in [5.74, 6) is -2.02. The fourth-order valence-electron chi connectivity index (χ4n) is 4.16. The van der Waals surface area contributed by atoms with Crippen molar-refractivity contribution in [2.75, 3.05) is 13.2 Å². The Labute approximate surface area is 225 Å². The van der Waals surface area contributed by atoms with Crippen molar-refractivity contribution in [3.8, 4) is 11.5 Å². The summed E-state index contributed by atoms with van der Waals surface area (Å²) in [5, 5.41) is 27.4. The monoisotopic (exact) mass is 543 g/mol. The number of phenolic OH excluding ortho intramolecular Hbond substituents is 2. The van der Waals surface area contributed by atoms with Gasteiger partial charge >= 0.3 is 5.97 Å². The molecule has 2 aliphatic heterocycles. The van der Waals surface area contributed by atoms with Gasteiger partial charge in [0.05, 0.1) is 16.8 Å². The van der Waals surface area contributed by atoms with Crippen LogP contribution in [-0.2, 0) is 39.0 Å². The molecule has 1 aromatic carbocycles. The molecule has 1 aromatic heterocycles. The van der Waals surface area contributed by atoms with Crippen LogP contribution in [0.4, 0.5) is 0 Å². The molecule has 3 atom stereocenters. The number of nitrogens with one attached hydrogen (secondary N) is 1. The van der Waals surface area contributed by atoms with E-state index in [1.54, 1.807) is 25.2 Å². The van der Waals surface area contributed by atoms with E-state index in [0.717, 1.165) is 11.8 Å². The number of esters is 1. The molecule has 1 saturated heterocycles. The Morgan fingerprint density at radius 3 is 2.89 bits per heavy atom. The number of allylic oxidation sites excluding steroid dienone is 3. The number of aromatic nitrogens is 1. The van der Waals surface area contributed by atoms with E-state index in [0.29, 0.717) is 19.4 Å². The van der Waals surface area contributed by atoms with Gasteiger partial charge < -0.3 is 34.4 Å². The largest absolute Gasteiger partial charge is 0.507 e. The molecule has 0 saturated carbocycles. The molecule has 0 spiro atoms. The minimum atomic E-state index is -0.793. The highest BCUT2D eigenvalue weighted by Crippen LogP contribution is 2.38. The van der Waals surface area contributed by atoms with Crippen molar-refractivity contribution in [2.24, 2.45) is 12.2 Å². The number of aryl methyl sites for hydroxylation is 1. The van der Waals surface area contributed by atoms with E-state index in [2.05, 4.69) is 10.5 Å². The summed E-state index contributed by atoms with van der Waals surface area (Å²) in [7, 11) is 1.94. The maximum absolute atomic E-state index is 13.0. The van der Waals surface area contributed by atoms with Gasteiger partial charge in [0, 0.05) is 50.8 Å². The van der Waals surface area contributed by atoms with Crippen LogP contribution in [0.15, 0.2) is 53.9 Å². The van der Waals surface area contributed by atoms with E-state index in [1.807, 2.05) is 36.0 Å². The molecule has 11 heteroatoms. The van der Waals surface area contributed by atoms with E-state index >= 15 is 0 Å². The van der Waals surface area contributed by atoms with Crippen molar-refractivity contribution in [1.29, 1.82) is 0 Å². The molecule has 10 nitrogen and oxygen atoms in total. The second-order valence-electron chi connectivity index (χ2n) is 9.16. The van der Waals surface area contributed by atoms with Gasteiger partial charge in [-0.15, -0.1) is 0 Å². The van der Waals surface area contributed by atoms with Gasteiger partial charge in [-0.25, -0.2) is 4.79 Å². The van der Waals surface area contributed by atoms with Gasteiger partial charge in [-0.1, -0.05) is 35.0 Å². The molecular weight excluding hydrogens is 514 g/mol. The third-order valence-corrected chi connectivity index (χ3v) is 6.63. The van der Waals surface area contributed by atoms with E-state index < -0.39 is 23.6 Å². The third kappa shape index (κ3) is 6.96. The predicted octanol–water partition coefficient (Wildman–Crippen LogP) is 3.19. The average molecular weight is 544 g/mol. The first-order chi connectivity index (χ1) is 18.2. The number of rotatable bonds is 6. The van der Waals surface area contributed by atoms with Gasteiger partial charge in [0.1, 0.15) is 29.3 Å². The van der Waals surface area contributed by atoms with Gasteiger partial charge in [-0.05, 0) is 30.7 Å². The lowest BCUT2D eigenvalue weighted by Crippen LogP contribution is -2.29. The van der Waals surface area contributed by atoms with Crippen molar-refractivity contribution < 1.29 is 34.1 Å². The zero-order valence-corrected chi connectivity index (χ0v) is 21.9. The highest BCUT2D eigenvalue weighted by atomic mass is 35.5. The van der Waals surface area contributed by atoms with Crippen LogP contribution in [0.1, 0.15) is 35.0 Å². The molecule has 38 heavy (non-hydrogen) atoms. The van der Waals surface area contributed by atoms with Crippen molar-refractivity contribution in [2.45, 2.75) is 44.5 Å². The molecule has 0 bridgehead atoms. The summed E-state index contributed by atoms with van der Waals surface area (Å²) in [5.41, 5.74) is 1.30. The number of carbonyl (C=O) groups is 2. The summed E-state index contributed by atoms with van der Waals surface area (Å²) in [6.45, 7) is 1.84. The van der Waals surface area contributed by atoms with Gasteiger partial charge in [-0.3, -0.25) is 4.79 Å². The molecule has 0 unspecified atom stereocenters. The highest BCUT2D eigenvalue weighted by molar-refractivity contribution is 6.33. The lowest BCUT2D eigenvalue weighted by atomic mass is 9.99. The van der Waals surface area contributed by atoms with Crippen LogP contribution in [-0.4, -0.2) is 63.8 Å². The lowest BCUT2D eigenvalue weighted by Gasteiger charge is -2.17. The number of fused-ring (bicyclic) bond motifs is 2. The number of hydrogen-bond acceptors (Lipinski definition) is 8. The van der Waals surface area contributed by atoms with Gasteiger partial charge in [0.15, 0.2) is 6.61 Å². The van der Waals surface area contributed by atoms with E-state index in [4.69, 9.17) is 25.9 Å². The molecule has 202 valence electrons. The van der Waals surface area contributed by atoms with E-state index in [9.17, 15) is 19.8 Å². The number of hydrogen-bond donors (Lipinski definition) is 3. The Morgan fingerprint density at radius 1 is 1.32 bits per heavy atom. The Kier molecular flexibility index (Phi) is 8.75. The number of halogens is 1. The van der Waals surface area contributed by atoms with Crippen molar-refractivity contribution in [3.63, 3.8) is 0 Å². The molecule has 1 amide bonds. The quantitative estimate of drug-likeness (QED) is 0.289. The van der Waals surface area contributed by atoms with Gasteiger partial charge in [0.25, 0.3) is 5.91 Å². The van der Waals surface area contributed by atoms with Crippen LogP contribution in [0, 0.1) is 0 Å². The number of amides is 1. The lowest BCUT2D eigenvalue weighted by molar-refractivity contribution is -0.125. The highest BCUT2D eigenvalue weighted by Gasteiger charge is 2.38. The Morgan fingerprint density at radius 2 is 2.13 bits per heavy atom. The summed E-state index contributed by atoms with van der Waals surface area (Å²) in [6.07, 6.45) is 9.33. The summed E-state index contributed by atoms with van der Waals surface area (Å²) in [4.78, 5) is 30.5. The number of nitrogens with zero attached hydrogens (tertiary/aromatic N) is 2. The fraction of sp³-hybridized carbons (Fsp3) is 0.370. The molecule has 0 radical (unpaired) electrons. The summed E-state index contributed by atoms with van der Waals surface area (Å²) < 4.78 is 13.1. The number of carbonyl (C=O) groups excluding carboxylic acids is 2. The number of cyclic esters (lactones) is 1. The Bertz CT molecular complexity index is 1280. The summed E-state index contributed by atoms with van der Waals surface area (Å²) >= 11 is 6.34. The van der Waals surface area contributed by atoms with Crippen LogP contribution < -0.4 is 5.32 Å². The number of epoxide rings is 1. The second-order valence-corrected chi connectivity index (χ2v) is 9.54. The minimum Gasteiger partial charge on any atom is -0.507 e. The maximum atomic E-state index is 13.0. The Balaban J connectivity index is 1.51. The standard InChI is InChI=1S/C27H30ClN3O7/c1-16-12-23-22(38-23)8-4-3-6-17(13-19-25(27(35)37-16)20(32)14-21(33)26(19)28)30-36-15-24(34)29-10-9-18-7-5-11-31(18)2/h3-8,11,14,16,22-23,32-33H,9-10,12-13,15H2,1-2H3,(H,29,34)/b6-3+,8-4-,30-17+/t16-,22-,23-/m1/s1. The van der Waals surface area contributed by atoms with Crippen LogP contribution in [0.2, 0.25) is 5.02 Å². The SMILES string of the molecule is C[C@@H]1C[C@H]2O[C@@H]2\C=C/C=C/C(=N\OCC(=O)NCCc2cccn2C)Cc2c(Cl)c(O)cc(O)c2C(=O)O1. The van der Waals surface area contributed by atoms with E-state index in [1.165, 1.54) is 0 Å². The molecule has 4 rings (SSSR count). The molecule has 0 aliphatic carbocycles. The van der Waals surface area contributed by atoms with Crippen LogP contribution >= 0.6 is 11.6 Å². The fourth-order valence-corrected chi connectivity index (χ4v) is 4.38. The van der Waals surface area contributed by atoms with Crippen molar-refractivity contribution >= 4 is 29.2 Å². The van der Waals surface area contributed by atoms with Gasteiger partial charge in [-0.2, -0.15) is 0 Å². The van der Waals surface area contributed by atoms with Crippen LogP contribution in [0.3, 0.4) is 0 Å². The first-order valence-electron chi connectivity index (χ1n) is 12.2. The second kappa shape index (κ2) is 12.2. The smallest absolute Gasteiger partial charge is 0.342 e. The van der Waals surface area contributed by atoms with Crippen molar-refractivity contribution in [1.82, 2.24) is 9.88 Å². The number of phenols is 2. The molecular formula is C27H30ClN3O7. The first kappa shape index (κ1) is 27.3. The first-order valence-corrected chi connectivity index (χ1v) is 12.6. The van der Waals surface area contributed by atoms with Crippen LogP contribution in [0.25, 0.3) is 0 Å². The zero-order valence-electron chi connectivity index (χ0n) is 21.1.